The lowest BCUT2D eigenvalue weighted by atomic mass is 9.93. The highest BCUT2D eigenvalue weighted by Crippen LogP contribution is 2.31. The van der Waals surface area contributed by atoms with Crippen molar-refractivity contribution in [2.75, 3.05) is 13.6 Å². The molecule has 2 fully saturated rings. The van der Waals surface area contributed by atoms with E-state index in [1.54, 1.807) is 7.05 Å². The van der Waals surface area contributed by atoms with E-state index in [4.69, 9.17) is 0 Å². The molecule has 2 saturated heterocycles. The number of fused-ring (bicyclic) bond motifs is 4. The first-order valence-corrected chi connectivity index (χ1v) is 9.27. The first-order valence-electron chi connectivity index (χ1n) is 9.27. The van der Waals surface area contributed by atoms with Gasteiger partial charge in [-0.2, -0.15) is 0 Å². The van der Waals surface area contributed by atoms with Crippen molar-refractivity contribution in [1.82, 2.24) is 19.8 Å². The Morgan fingerprint density at radius 2 is 2.08 bits per heavy atom. The molecule has 6 nitrogen and oxygen atoms in total. The molecule has 2 amide bonds. The highest BCUT2D eigenvalue weighted by molar-refractivity contribution is 5.82. The van der Waals surface area contributed by atoms with E-state index in [9.17, 15) is 9.59 Å². The number of hydrogen-bond acceptors (Lipinski definition) is 3. The van der Waals surface area contributed by atoms with Crippen LogP contribution in [0.3, 0.4) is 0 Å². The predicted molar refractivity (Wildman–Crippen MR) is 98.3 cm³/mol. The molecule has 1 N–H and O–H groups in total. The summed E-state index contributed by atoms with van der Waals surface area (Å²) in [6.07, 6.45) is 7.38. The predicted octanol–water partition coefficient (Wildman–Crippen LogP) is 2.05. The van der Waals surface area contributed by atoms with Gasteiger partial charge >= 0.3 is 0 Å². The van der Waals surface area contributed by atoms with Gasteiger partial charge in [0.2, 0.25) is 11.8 Å². The Morgan fingerprint density at radius 1 is 1.23 bits per heavy atom. The van der Waals surface area contributed by atoms with Gasteiger partial charge in [0.05, 0.1) is 24.1 Å². The van der Waals surface area contributed by atoms with Crippen LogP contribution in [-0.2, 0) is 16.1 Å². The Balaban J connectivity index is 0.000000130. The van der Waals surface area contributed by atoms with Crippen molar-refractivity contribution in [2.24, 2.45) is 5.92 Å². The monoisotopic (exact) mass is 352 g/mol. The summed E-state index contributed by atoms with van der Waals surface area (Å²) < 4.78 is 2.17. The molecule has 0 bridgehead atoms. The smallest absolute Gasteiger partial charge is 0.224 e. The average molecular weight is 352 g/mol. The third kappa shape index (κ3) is 3.00. The third-order valence-corrected chi connectivity index (χ3v) is 5.68. The maximum atomic E-state index is 11.5. The molecule has 26 heavy (non-hydrogen) atoms. The van der Waals surface area contributed by atoms with Crippen molar-refractivity contribution in [2.45, 2.75) is 38.3 Å². The minimum Gasteiger partial charge on any atom is -0.359 e. The topological polar surface area (TPSA) is 67.2 Å². The summed E-state index contributed by atoms with van der Waals surface area (Å²) in [6.45, 7) is 1.61. The maximum Gasteiger partial charge on any atom is 0.224 e. The molecule has 5 rings (SSSR count). The highest BCUT2D eigenvalue weighted by Gasteiger charge is 2.38. The van der Waals surface area contributed by atoms with Gasteiger partial charge in [-0.3, -0.25) is 9.59 Å². The van der Waals surface area contributed by atoms with Gasteiger partial charge < -0.3 is 14.8 Å². The number of amides is 2. The molecular formula is C20H24N4O2. The number of rotatable bonds is 1. The van der Waals surface area contributed by atoms with Crippen LogP contribution in [0.25, 0.3) is 11.3 Å². The normalized spacial score (nSPS) is 22.8. The number of carbonyl (C=O) groups is 2. The molecule has 3 aliphatic rings. The molecule has 2 unspecified atom stereocenters. The van der Waals surface area contributed by atoms with Gasteiger partial charge in [-0.15, -0.1) is 0 Å². The van der Waals surface area contributed by atoms with E-state index in [2.05, 4.69) is 39.1 Å². The zero-order valence-electron chi connectivity index (χ0n) is 15.0. The van der Waals surface area contributed by atoms with E-state index in [-0.39, 0.29) is 17.7 Å². The molecule has 0 saturated carbocycles. The zero-order chi connectivity index (χ0) is 18.1. The summed E-state index contributed by atoms with van der Waals surface area (Å²) in [5.41, 5.74) is 3.97. The molecule has 3 aliphatic heterocycles. The van der Waals surface area contributed by atoms with Crippen LogP contribution in [0.2, 0.25) is 0 Å². The molecule has 4 heterocycles. The molecule has 0 spiro atoms. The number of nitrogens with one attached hydrogen (secondary N) is 1. The highest BCUT2D eigenvalue weighted by atomic mass is 16.2. The Bertz CT molecular complexity index is 829. The second kappa shape index (κ2) is 6.94. The van der Waals surface area contributed by atoms with E-state index < -0.39 is 0 Å². The fourth-order valence-electron chi connectivity index (χ4n) is 4.25. The van der Waals surface area contributed by atoms with Crippen LogP contribution >= 0.6 is 0 Å². The van der Waals surface area contributed by atoms with Gasteiger partial charge in [0.1, 0.15) is 0 Å². The molecular weight excluding hydrogens is 328 g/mol. The number of carbonyl (C=O) groups excluding carboxylic acids is 2. The van der Waals surface area contributed by atoms with Gasteiger partial charge in [0.15, 0.2) is 0 Å². The Kier molecular flexibility index (Phi) is 4.49. The summed E-state index contributed by atoms with van der Waals surface area (Å²) in [4.78, 5) is 28.9. The summed E-state index contributed by atoms with van der Waals surface area (Å²) >= 11 is 0. The lowest BCUT2D eigenvalue weighted by molar-refractivity contribution is -0.134. The van der Waals surface area contributed by atoms with Gasteiger partial charge in [-0.05, 0) is 24.8 Å². The molecule has 0 aliphatic carbocycles. The minimum absolute atomic E-state index is 0.0123. The molecule has 1 aromatic heterocycles. The molecule has 1 aromatic carbocycles. The van der Waals surface area contributed by atoms with Crippen LogP contribution < -0.4 is 5.32 Å². The molecule has 6 heteroatoms. The maximum absolute atomic E-state index is 11.5. The van der Waals surface area contributed by atoms with Gasteiger partial charge in [-0.25, -0.2) is 4.98 Å². The van der Waals surface area contributed by atoms with E-state index in [1.807, 2.05) is 17.4 Å². The van der Waals surface area contributed by atoms with Crippen LogP contribution in [0, 0.1) is 5.92 Å². The zero-order valence-corrected chi connectivity index (χ0v) is 15.0. The van der Waals surface area contributed by atoms with Crippen LogP contribution in [-0.4, -0.2) is 45.9 Å². The van der Waals surface area contributed by atoms with Crippen LogP contribution in [0.4, 0.5) is 0 Å². The van der Waals surface area contributed by atoms with Gasteiger partial charge in [0.25, 0.3) is 0 Å². The Morgan fingerprint density at radius 3 is 2.92 bits per heavy atom. The van der Waals surface area contributed by atoms with Crippen molar-refractivity contribution < 1.29 is 9.59 Å². The number of nitrogens with zero attached hydrogens (tertiary/aromatic N) is 3. The number of benzene rings is 1. The van der Waals surface area contributed by atoms with Crippen LogP contribution in [0.15, 0.2) is 36.8 Å². The number of piperidine rings is 1. The molecule has 2 aromatic rings. The summed E-state index contributed by atoms with van der Waals surface area (Å²) in [5.74, 6) is 0.310. The van der Waals surface area contributed by atoms with Gasteiger partial charge in [-0.1, -0.05) is 24.3 Å². The van der Waals surface area contributed by atoms with Crippen LogP contribution in [0.1, 0.15) is 31.2 Å². The summed E-state index contributed by atoms with van der Waals surface area (Å²) in [7, 11) is 1.65. The minimum atomic E-state index is 0.0123. The standard InChI is InChI=1S/C10H16N2O2.C10H8N2/c1-11-10(14)7-2-3-8-4-5-9(13)12(8)6-7;1-2-4-9-8(3-1)6-12-7-11-5-10(9)12/h7-8H,2-6H2,1H3,(H,11,14);1-5,7H,6H2. The second-order valence-electron chi connectivity index (χ2n) is 7.19. The van der Waals surface area contributed by atoms with E-state index in [1.165, 1.54) is 16.8 Å². The fraction of sp³-hybridized carbons (Fsp3) is 0.450. The number of imidazole rings is 1. The van der Waals surface area contributed by atoms with E-state index >= 15 is 0 Å². The van der Waals surface area contributed by atoms with Crippen molar-refractivity contribution in [3.63, 3.8) is 0 Å². The largest absolute Gasteiger partial charge is 0.359 e. The molecule has 136 valence electrons. The lowest BCUT2D eigenvalue weighted by Gasteiger charge is -2.34. The average Bonchev–Trinajstić information content (AvgIpc) is 3.36. The van der Waals surface area contributed by atoms with Crippen molar-refractivity contribution in [3.05, 3.63) is 42.4 Å². The quantitative estimate of drug-likeness (QED) is 0.729. The summed E-state index contributed by atoms with van der Waals surface area (Å²) in [6, 6.07) is 8.89. The van der Waals surface area contributed by atoms with Crippen LogP contribution in [0.5, 0.6) is 0 Å². The molecule has 2 atom stereocenters. The fourth-order valence-corrected chi connectivity index (χ4v) is 4.25. The second-order valence-corrected chi connectivity index (χ2v) is 7.19. The number of hydrogen-bond donors (Lipinski definition) is 1. The SMILES string of the molecule is CNC(=O)C1CCC2CCC(=O)N2C1.c1ccc2c(c1)Cn1cncc1-2. The first-order chi connectivity index (χ1) is 12.7. The lowest BCUT2D eigenvalue weighted by Crippen LogP contribution is -2.46. The molecule has 0 radical (unpaired) electrons. The van der Waals surface area contributed by atoms with Gasteiger partial charge in [0, 0.05) is 38.2 Å². The number of aromatic nitrogens is 2. The summed E-state index contributed by atoms with van der Waals surface area (Å²) in [5, 5.41) is 2.65. The third-order valence-electron chi connectivity index (χ3n) is 5.68. The Labute approximate surface area is 153 Å². The van der Waals surface area contributed by atoms with Crippen molar-refractivity contribution >= 4 is 11.8 Å². The van der Waals surface area contributed by atoms with Crippen molar-refractivity contribution in [3.8, 4) is 11.3 Å². The van der Waals surface area contributed by atoms with E-state index in [0.29, 0.717) is 19.0 Å². The van der Waals surface area contributed by atoms with Crippen molar-refractivity contribution in [1.29, 1.82) is 0 Å². The van der Waals surface area contributed by atoms with E-state index in [0.717, 1.165) is 25.8 Å². The Hall–Kier alpha value is -2.63. The first kappa shape index (κ1) is 16.8.